The number of nitrogens with two attached hydrogens (primary N) is 1. The van der Waals surface area contributed by atoms with E-state index in [2.05, 4.69) is 5.32 Å². The number of nitrogens with one attached hydrogen (secondary N) is 1. The van der Waals surface area contributed by atoms with Crippen molar-refractivity contribution >= 4 is 42.1 Å². The Balaban J connectivity index is 0. The molecule has 0 aliphatic heterocycles. The van der Waals surface area contributed by atoms with Crippen LogP contribution in [0.5, 0.6) is 0 Å². The van der Waals surface area contributed by atoms with Crippen LogP contribution in [0.3, 0.4) is 0 Å². The van der Waals surface area contributed by atoms with E-state index in [-0.39, 0.29) is 43.5 Å². The molecule has 140 valence electrons. The van der Waals surface area contributed by atoms with Crippen LogP contribution in [0.4, 0.5) is 24.5 Å². The topological polar surface area (TPSA) is 67.6 Å². The first kappa shape index (κ1) is 25.0. The summed E-state index contributed by atoms with van der Waals surface area (Å²) in [6.45, 7) is 0.146. The number of benzene rings is 1. The zero-order valence-electron chi connectivity index (χ0n) is 13.5. The standard InChI is InChI=1S/C14H20F3N3O2.2ClH/c1-20(2)12-5-4-9(14(15,16)17)6-11(12)19-13(21)7-10(8-18)22-3;;/h4-6,10H,7-8,18H2,1-3H3,(H,19,21);2*1H. The molecule has 0 aromatic heterocycles. The highest BCUT2D eigenvalue weighted by Crippen LogP contribution is 2.34. The average molecular weight is 392 g/mol. The van der Waals surface area contributed by atoms with Crippen molar-refractivity contribution in [1.29, 1.82) is 0 Å². The van der Waals surface area contributed by atoms with Crippen LogP contribution < -0.4 is 16.0 Å². The lowest BCUT2D eigenvalue weighted by Crippen LogP contribution is -2.28. The minimum Gasteiger partial charge on any atom is -0.380 e. The van der Waals surface area contributed by atoms with Gasteiger partial charge in [-0.05, 0) is 18.2 Å². The third kappa shape index (κ3) is 7.12. The number of nitrogens with zero attached hydrogens (tertiary/aromatic N) is 1. The first-order valence-electron chi connectivity index (χ1n) is 6.60. The van der Waals surface area contributed by atoms with Gasteiger partial charge in [0.2, 0.25) is 5.91 Å². The quantitative estimate of drug-likeness (QED) is 0.782. The number of carbonyl (C=O) groups is 1. The summed E-state index contributed by atoms with van der Waals surface area (Å²) in [5.74, 6) is -0.459. The second-order valence-electron chi connectivity index (χ2n) is 4.97. The van der Waals surface area contributed by atoms with Crippen molar-refractivity contribution in [3.63, 3.8) is 0 Å². The number of alkyl halides is 3. The SMILES string of the molecule is COC(CN)CC(=O)Nc1cc(C(F)(F)F)ccc1N(C)C.Cl.Cl. The second-order valence-corrected chi connectivity index (χ2v) is 4.97. The molecule has 1 rings (SSSR count). The highest BCUT2D eigenvalue weighted by atomic mass is 35.5. The molecule has 1 unspecified atom stereocenters. The minimum atomic E-state index is -4.48. The van der Waals surface area contributed by atoms with Crippen molar-refractivity contribution in [3.8, 4) is 0 Å². The molecule has 3 N–H and O–H groups in total. The van der Waals surface area contributed by atoms with Crippen LogP contribution in [0.15, 0.2) is 18.2 Å². The Bertz CT molecular complexity index is 524. The lowest BCUT2D eigenvalue weighted by Gasteiger charge is -2.20. The molecule has 0 heterocycles. The predicted molar refractivity (Wildman–Crippen MR) is 93.4 cm³/mol. The van der Waals surface area contributed by atoms with E-state index in [0.29, 0.717) is 5.69 Å². The molecule has 1 aromatic rings. The second kappa shape index (κ2) is 10.6. The summed E-state index contributed by atoms with van der Waals surface area (Å²) in [5, 5.41) is 2.49. The van der Waals surface area contributed by atoms with Gasteiger partial charge in [0.1, 0.15) is 0 Å². The summed E-state index contributed by atoms with van der Waals surface area (Å²) in [4.78, 5) is 13.5. The molecule has 0 aliphatic carbocycles. The number of amides is 1. The number of carbonyl (C=O) groups excluding carboxylic acids is 1. The van der Waals surface area contributed by atoms with Crippen LogP contribution in [0.1, 0.15) is 12.0 Å². The third-order valence-corrected chi connectivity index (χ3v) is 3.09. The predicted octanol–water partition coefficient (Wildman–Crippen LogP) is 2.92. The third-order valence-electron chi connectivity index (χ3n) is 3.09. The summed E-state index contributed by atoms with van der Waals surface area (Å²) < 4.78 is 43.4. The summed E-state index contributed by atoms with van der Waals surface area (Å²) in [6.07, 6.45) is -4.99. The van der Waals surface area contributed by atoms with Gasteiger partial charge >= 0.3 is 6.18 Å². The van der Waals surface area contributed by atoms with Gasteiger partial charge in [-0.3, -0.25) is 4.79 Å². The molecular formula is C14H22Cl2F3N3O2. The number of ether oxygens (including phenoxy) is 1. The monoisotopic (exact) mass is 391 g/mol. The molecule has 1 atom stereocenters. The Morgan fingerprint density at radius 2 is 1.92 bits per heavy atom. The summed E-state index contributed by atoms with van der Waals surface area (Å²) in [7, 11) is 4.77. The van der Waals surface area contributed by atoms with Gasteiger partial charge in [0.15, 0.2) is 0 Å². The Labute approximate surface area is 151 Å². The molecule has 0 saturated heterocycles. The molecule has 0 saturated carbocycles. The van der Waals surface area contributed by atoms with E-state index < -0.39 is 23.8 Å². The van der Waals surface area contributed by atoms with Gasteiger partial charge in [-0.1, -0.05) is 0 Å². The molecule has 10 heteroatoms. The van der Waals surface area contributed by atoms with Gasteiger partial charge < -0.3 is 20.7 Å². The minimum absolute atomic E-state index is 0. The molecule has 0 radical (unpaired) electrons. The highest BCUT2D eigenvalue weighted by Gasteiger charge is 2.31. The molecule has 0 bridgehead atoms. The van der Waals surface area contributed by atoms with E-state index in [9.17, 15) is 18.0 Å². The first-order valence-corrected chi connectivity index (χ1v) is 6.60. The Morgan fingerprint density at radius 3 is 2.33 bits per heavy atom. The fourth-order valence-electron chi connectivity index (χ4n) is 1.87. The molecular weight excluding hydrogens is 370 g/mol. The maximum absolute atomic E-state index is 12.8. The van der Waals surface area contributed by atoms with Crippen molar-refractivity contribution in [1.82, 2.24) is 0 Å². The number of rotatable bonds is 6. The fraction of sp³-hybridized carbons (Fsp3) is 0.500. The van der Waals surface area contributed by atoms with Gasteiger partial charge in [0, 0.05) is 27.7 Å². The summed E-state index contributed by atoms with van der Waals surface area (Å²) >= 11 is 0. The lowest BCUT2D eigenvalue weighted by molar-refractivity contribution is -0.137. The van der Waals surface area contributed by atoms with Crippen LogP contribution in [-0.4, -0.2) is 39.8 Å². The van der Waals surface area contributed by atoms with Crippen LogP contribution in [0.2, 0.25) is 0 Å². The van der Waals surface area contributed by atoms with E-state index in [1.165, 1.54) is 13.2 Å². The summed E-state index contributed by atoms with van der Waals surface area (Å²) in [6, 6.07) is 3.20. The Hall–Kier alpha value is -1.22. The molecule has 0 spiro atoms. The van der Waals surface area contributed by atoms with Crippen LogP contribution in [0.25, 0.3) is 0 Å². The number of anilines is 2. The van der Waals surface area contributed by atoms with Crippen molar-refractivity contribution in [3.05, 3.63) is 23.8 Å². The van der Waals surface area contributed by atoms with E-state index in [0.717, 1.165) is 12.1 Å². The van der Waals surface area contributed by atoms with E-state index >= 15 is 0 Å². The zero-order chi connectivity index (χ0) is 16.9. The van der Waals surface area contributed by atoms with Gasteiger partial charge in [-0.15, -0.1) is 24.8 Å². The van der Waals surface area contributed by atoms with E-state index in [1.54, 1.807) is 19.0 Å². The number of halogens is 5. The van der Waals surface area contributed by atoms with Gasteiger partial charge in [-0.2, -0.15) is 13.2 Å². The number of methoxy groups -OCH3 is 1. The fourth-order valence-corrected chi connectivity index (χ4v) is 1.87. The normalized spacial score (nSPS) is 11.8. The zero-order valence-corrected chi connectivity index (χ0v) is 15.1. The molecule has 0 aliphatic rings. The van der Waals surface area contributed by atoms with Crippen LogP contribution in [0, 0.1) is 0 Å². The van der Waals surface area contributed by atoms with Crippen molar-refractivity contribution in [2.75, 3.05) is 38.0 Å². The maximum Gasteiger partial charge on any atom is 0.416 e. The molecule has 1 amide bonds. The van der Waals surface area contributed by atoms with Crippen LogP contribution in [-0.2, 0) is 15.7 Å². The molecule has 1 aromatic carbocycles. The summed E-state index contributed by atoms with van der Waals surface area (Å²) in [5.41, 5.74) is 5.17. The first-order chi connectivity index (χ1) is 10.2. The highest BCUT2D eigenvalue weighted by molar-refractivity contribution is 5.94. The van der Waals surface area contributed by atoms with Gasteiger partial charge in [-0.25, -0.2) is 0 Å². The van der Waals surface area contributed by atoms with Crippen molar-refractivity contribution < 1.29 is 22.7 Å². The van der Waals surface area contributed by atoms with Crippen molar-refractivity contribution in [2.45, 2.75) is 18.7 Å². The van der Waals surface area contributed by atoms with Crippen molar-refractivity contribution in [2.24, 2.45) is 5.73 Å². The van der Waals surface area contributed by atoms with Gasteiger partial charge in [0.25, 0.3) is 0 Å². The Kier molecular flexibility index (Phi) is 11.1. The Morgan fingerprint density at radius 1 is 1.33 bits per heavy atom. The average Bonchev–Trinajstić information content (AvgIpc) is 2.43. The van der Waals surface area contributed by atoms with E-state index in [4.69, 9.17) is 10.5 Å². The molecule has 24 heavy (non-hydrogen) atoms. The largest absolute Gasteiger partial charge is 0.416 e. The number of hydrogen-bond acceptors (Lipinski definition) is 4. The van der Waals surface area contributed by atoms with Gasteiger partial charge in [0.05, 0.1) is 29.5 Å². The van der Waals surface area contributed by atoms with E-state index in [1.807, 2.05) is 0 Å². The molecule has 5 nitrogen and oxygen atoms in total. The lowest BCUT2D eigenvalue weighted by atomic mass is 10.1. The number of hydrogen-bond donors (Lipinski definition) is 2. The van der Waals surface area contributed by atoms with Crippen LogP contribution >= 0.6 is 24.8 Å². The molecule has 0 fully saturated rings. The smallest absolute Gasteiger partial charge is 0.380 e. The maximum atomic E-state index is 12.8.